The molecule has 0 radical (unpaired) electrons. The van der Waals surface area contributed by atoms with Crippen LogP contribution in [0.1, 0.15) is 12.0 Å². The molecule has 7 heteroatoms. The number of hydrogen-bond donors (Lipinski definition) is 1. The Morgan fingerprint density at radius 2 is 1.91 bits per heavy atom. The predicted octanol–water partition coefficient (Wildman–Crippen LogP) is 3.37. The van der Waals surface area contributed by atoms with Crippen LogP contribution in [0.2, 0.25) is 0 Å². The summed E-state index contributed by atoms with van der Waals surface area (Å²) in [7, 11) is 0. The van der Waals surface area contributed by atoms with E-state index in [0.717, 1.165) is 6.42 Å². The molecule has 0 saturated heterocycles. The largest absolute Gasteiger partial charge is 0.490 e. The fourth-order valence-corrected chi connectivity index (χ4v) is 2.25. The fraction of sp³-hybridized carbons (Fsp3) is 0.188. The van der Waals surface area contributed by atoms with Crippen molar-refractivity contribution in [3.63, 3.8) is 0 Å². The summed E-state index contributed by atoms with van der Waals surface area (Å²) < 4.78 is 11.1. The standard InChI is InChI=1S/C16H13N3O4/c17-10-11-2-4-13(14(8-11)19(20)21)18-12-3-5-15-16(9-12)23-7-1-6-22-15/h2-5,8-9,18H,1,6-7H2. The van der Waals surface area contributed by atoms with Gasteiger partial charge in [0.05, 0.1) is 29.8 Å². The summed E-state index contributed by atoms with van der Waals surface area (Å²) in [6.45, 7) is 1.16. The van der Waals surface area contributed by atoms with Crippen molar-refractivity contribution in [2.75, 3.05) is 18.5 Å². The molecule has 0 atom stereocenters. The Kier molecular flexibility index (Phi) is 3.97. The smallest absolute Gasteiger partial charge is 0.293 e. The molecule has 0 bridgehead atoms. The van der Waals surface area contributed by atoms with E-state index in [0.29, 0.717) is 36.1 Å². The molecule has 3 rings (SSSR count). The highest BCUT2D eigenvalue weighted by atomic mass is 16.6. The second-order valence-corrected chi connectivity index (χ2v) is 4.94. The second kappa shape index (κ2) is 6.23. The number of nitrogens with zero attached hydrogens (tertiary/aromatic N) is 2. The van der Waals surface area contributed by atoms with Gasteiger partial charge in [-0.05, 0) is 24.3 Å². The highest BCUT2D eigenvalue weighted by Gasteiger charge is 2.16. The van der Waals surface area contributed by atoms with Crippen molar-refractivity contribution in [2.45, 2.75) is 6.42 Å². The number of nitriles is 1. The van der Waals surface area contributed by atoms with E-state index in [9.17, 15) is 10.1 Å². The lowest BCUT2D eigenvalue weighted by Gasteiger charge is -2.11. The first kappa shape index (κ1) is 14.7. The molecule has 0 aliphatic carbocycles. The van der Waals surface area contributed by atoms with Gasteiger partial charge in [-0.15, -0.1) is 0 Å². The molecule has 1 heterocycles. The Morgan fingerprint density at radius 1 is 1.13 bits per heavy atom. The van der Waals surface area contributed by atoms with Gasteiger partial charge >= 0.3 is 0 Å². The van der Waals surface area contributed by atoms with E-state index in [2.05, 4.69) is 5.32 Å². The van der Waals surface area contributed by atoms with E-state index >= 15 is 0 Å². The van der Waals surface area contributed by atoms with Crippen LogP contribution < -0.4 is 14.8 Å². The summed E-state index contributed by atoms with van der Waals surface area (Å²) in [5.41, 5.74) is 1.03. The highest BCUT2D eigenvalue weighted by Crippen LogP contribution is 2.35. The number of hydrogen-bond acceptors (Lipinski definition) is 6. The van der Waals surface area contributed by atoms with Gasteiger partial charge in [0.15, 0.2) is 11.5 Å². The van der Waals surface area contributed by atoms with Crippen LogP contribution in [-0.2, 0) is 0 Å². The Labute approximate surface area is 132 Å². The van der Waals surface area contributed by atoms with Crippen molar-refractivity contribution < 1.29 is 14.4 Å². The van der Waals surface area contributed by atoms with Crippen molar-refractivity contribution in [3.8, 4) is 17.6 Å². The molecule has 0 aromatic heterocycles. The average molecular weight is 311 g/mol. The van der Waals surface area contributed by atoms with E-state index in [1.165, 1.54) is 18.2 Å². The number of nitrogens with one attached hydrogen (secondary N) is 1. The maximum Gasteiger partial charge on any atom is 0.293 e. The Bertz CT molecular complexity index is 798. The molecule has 2 aromatic carbocycles. The van der Waals surface area contributed by atoms with Crippen molar-refractivity contribution in [2.24, 2.45) is 0 Å². The number of fused-ring (bicyclic) bond motifs is 1. The van der Waals surface area contributed by atoms with Gasteiger partial charge in [-0.3, -0.25) is 10.1 Å². The van der Waals surface area contributed by atoms with Crippen LogP contribution in [0, 0.1) is 21.4 Å². The topological polar surface area (TPSA) is 97.4 Å². The molecule has 0 spiro atoms. The quantitative estimate of drug-likeness (QED) is 0.689. The summed E-state index contributed by atoms with van der Waals surface area (Å²) >= 11 is 0. The van der Waals surface area contributed by atoms with Gasteiger partial charge in [-0.1, -0.05) is 0 Å². The SMILES string of the molecule is N#Cc1ccc(Nc2ccc3c(c2)OCCCO3)c([N+](=O)[O-])c1. The maximum atomic E-state index is 11.2. The van der Waals surface area contributed by atoms with Crippen molar-refractivity contribution >= 4 is 17.1 Å². The molecule has 0 saturated carbocycles. The number of ether oxygens (including phenoxy) is 2. The third-order valence-electron chi connectivity index (χ3n) is 3.35. The molecule has 1 aliphatic rings. The van der Waals surface area contributed by atoms with Gasteiger partial charge < -0.3 is 14.8 Å². The average Bonchev–Trinajstić information content (AvgIpc) is 2.80. The molecule has 0 amide bonds. The third-order valence-corrected chi connectivity index (χ3v) is 3.35. The number of benzene rings is 2. The van der Waals surface area contributed by atoms with Crippen molar-refractivity contribution in [1.29, 1.82) is 5.26 Å². The third kappa shape index (κ3) is 3.16. The molecular weight excluding hydrogens is 298 g/mol. The van der Waals surface area contributed by atoms with Crippen LogP contribution >= 0.6 is 0 Å². The Morgan fingerprint density at radius 3 is 2.65 bits per heavy atom. The molecule has 0 unspecified atom stereocenters. The molecule has 7 nitrogen and oxygen atoms in total. The summed E-state index contributed by atoms with van der Waals surface area (Å²) in [6.07, 6.45) is 0.804. The van der Waals surface area contributed by atoms with Crippen molar-refractivity contribution in [1.82, 2.24) is 0 Å². The molecule has 2 aromatic rings. The summed E-state index contributed by atoms with van der Waals surface area (Å²) in [4.78, 5) is 10.6. The lowest BCUT2D eigenvalue weighted by atomic mass is 10.1. The van der Waals surface area contributed by atoms with E-state index < -0.39 is 4.92 Å². The second-order valence-electron chi connectivity index (χ2n) is 4.94. The van der Waals surface area contributed by atoms with Crippen LogP contribution in [-0.4, -0.2) is 18.1 Å². The predicted molar refractivity (Wildman–Crippen MR) is 83.1 cm³/mol. The summed E-state index contributed by atoms with van der Waals surface area (Å²) in [6, 6.07) is 11.4. The molecule has 23 heavy (non-hydrogen) atoms. The minimum Gasteiger partial charge on any atom is -0.490 e. The fourth-order valence-electron chi connectivity index (χ4n) is 2.25. The van der Waals surface area contributed by atoms with Gasteiger partial charge in [0.25, 0.3) is 5.69 Å². The monoisotopic (exact) mass is 311 g/mol. The first-order chi connectivity index (χ1) is 11.2. The van der Waals surface area contributed by atoms with Crippen LogP contribution in [0.3, 0.4) is 0 Å². The van der Waals surface area contributed by atoms with E-state index in [4.69, 9.17) is 14.7 Å². The summed E-state index contributed by atoms with van der Waals surface area (Å²) in [5, 5.41) is 23.0. The zero-order valence-electron chi connectivity index (χ0n) is 12.1. The number of nitro groups is 1. The van der Waals surface area contributed by atoms with Gasteiger partial charge in [-0.25, -0.2) is 0 Å². The first-order valence-electron chi connectivity index (χ1n) is 7.02. The van der Waals surface area contributed by atoms with Crippen LogP contribution in [0.25, 0.3) is 0 Å². The Balaban J connectivity index is 1.92. The lowest BCUT2D eigenvalue weighted by molar-refractivity contribution is -0.383. The molecule has 1 aliphatic heterocycles. The van der Waals surface area contributed by atoms with E-state index in [-0.39, 0.29) is 11.3 Å². The number of nitro benzene ring substituents is 1. The molecule has 116 valence electrons. The van der Waals surface area contributed by atoms with Gasteiger partial charge in [0.2, 0.25) is 0 Å². The minimum absolute atomic E-state index is 0.156. The zero-order valence-corrected chi connectivity index (χ0v) is 12.1. The molecule has 1 N–H and O–H groups in total. The zero-order chi connectivity index (χ0) is 16.2. The minimum atomic E-state index is -0.522. The van der Waals surface area contributed by atoms with Crippen LogP contribution in [0.15, 0.2) is 36.4 Å². The molecule has 0 fully saturated rings. The Hall–Kier alpha value is -3.27. The van der Waals surface area contributed by atoms with Gasteiger partial charge in [-0.2, -0.15) is 5.26 Å². The van der Waals surface area contributed by atoms with Crippen LogP contribution in [0.5, 0.6) is 11.5 Å². The first-order valence-corrected chi connectivity index (χ1v) is 7.02. The van der Waals surface area contributed by atoms with Crippen LogP contribution in [0.4, 0.5) is 17.1 Å². The van der Waals surface area contributed by atoms with E-state index in [1.54, 1.807) is 18.2 Å². The van der Waals surface area contributed by atoms with Gasteiger partial charge in [0.1, 0.15) is 5.69 Å². The number of rotatable bonds is 3. The normalized spacial score (nSPS) is 12.8. The van der Waals surface area contributed by atoms with Crippen molar-refractivity contribution in [3.05, 3.63) is 52.1 Å². The molecular formula is C16H13N3O4. The lowest BCUT2D eigenvalue weighted by Crippen LogP contribution is -1.99. The maximum absolute atomic E-state index is 11.2. The number of anilines is 2. The van der Waals surface area contributed by atoms with E-state index in [1.807, 2.05) is 6.07 Å². The van der Waals surface area contributed by atoms with Gasteiger partial charge in [0, 0.05) is 24.2 Å². The highest BCUT2D eigenvalue weighted by molar-refractivity contribution is 5.72. The summed E-state index contributed by atoms with van der Waals surface area (Å²) in [5.74, 6) is 1.26.